The molecular formula is C22H20FN5O. The lowest BCUT2D eigenvalue weighted by atomic mass is 9.80. The minimum absolute atomic E-state index is 0.173. The van der Waals surface area contributed by atoms with Gasteiger partial charge in [0.1, 0.15) is 5.82 Å². The quantitative estimate of drug-likeness (QED) is 0.677. The van der Waals surface area contributed by atoms with Gasteiger partial charge in [-0.1, -0.05) is 11.6 Å². The molecule has 1 aliphatic heterocycles. The van der Waals surface area contributed by atoms with Gasteiger partial charge in [0.2, 0.25) is 11.7 Å². The van der Waals surface area contributed by atoms with Gasteiger partial charge in [-0.25, -0.2) is 4.39 Å². The van der Waals surface area contributed by atoms with Gasteiger partial charge in [0, 0.05) is 37.6 Å². The van der Waals surface area contributed by atoms with Gasteiger partial charge >= 0.3 is 0 Å². The number of halogens is 1. The Labute approximate surface area is 168 Å². The summed E-state index contributed by atoms with van der Waals surface area (Å²) in [6.45, 7) is 2.20. The van der Waals surface area contributed by atoms with E-state index in [2.05, 4.69) is 21.1 Å². The van der Waals surface area contributed by atoms with Crippen LogP contribution < -0.4 is 0 Å². The predicted octanol–water partition coefficient (Wildman–Crippen LogP) is 3.70. The Kier molecular flexibility index (Phi) is 4.36. The Hall–Kier alpha value is -3.11. The molecule has 146 valence electrons. The number of pyridine rings is 1. The van der Waals surface area contributed by atoms with E-state index < -0.39 is 0 Å². The zero-order valence-electron chi connectivity index (χ0n) is 15.9. The Morgan fingerprint density at radius 1 is 1.34 bits per heavy atom. The summed E-state index contributed by atoms with van der Waals surface area (Å²) in [6.07, 6.45) is 6.68. The first-order chi connectivity index (χ1) is 14.2. The van der Waals surface area contributed by atoms with Crippen LogP contribution in [0.4, 0.5) is 4.39 Å². The second-order valence-electron chi connectivity index (χ2n) is 7.99. The third-order valence-electron chi connectivity index (χ3n) is 6.29. The molecule has 1 saturated heterocycles. The molecule has 0 amide bonds. The predicted molar refractivity (Wildman–Crippen MR) is 103 cm³/mol. The maximum atomic E-state index is 13.7. The van der Waals surface area contributed by atoms with Crippen molar-refractivity contribution >= 4 is 0 Å². The fourth-order valence-corrected chi connectivity index (χ4v) is 4.94. The average molecular weight is 389 g/mol. The van der Waals surface area contributed by atoms with E-state index in [0.717, 1.165) is 43.5 Å². The van der Waals surface area contributed by atoms with Gasteiger partial charge in [0.15, 0.2) is 0 Å². The summed E-state index contributed by atoms with van der Waals surface area (Å²) in [7, 11) is 0. The van der Waals surface area contributed by atoms with E-state index in [1.165, 1.54) is 12.1 Å². The van der Waals surface area contributed by atoms with E-state index in [-0.39, 0.29) is 11.2 Å². The molecule has 0 radical (unpaired) electrons. The first kappa shape index (κ1) is 18.0. The van der Waals surface area contributed by atoms with Crippen molar-refractivity contribution in [1.29, 1.82) is 5.26 Å². The molecule has 5 rings (SSSR count). The number of rotatable bonds is 4. The topological polar surface area (TPSA) is 78.8 Å². The molecule has 2 aromatic heterocycles. The van der Waals surface area contributed by atoms with Crippen molar-refractivity contribution in [3.8, 4) is 17.5 Å². The van der Waals surface area contributed by atoms with Crippen LogP contribution in [0.5, 0.6) is 0 Å². The summed E-state index contributed by atoms with van der Waals surface area (Å²) in [6, 6.07) is 10.3. The maximum Gasteiger partial charge on any atom is 0.234 e. The standard InChI is InChI=1S/C22H20FN5O/c23-19-6-5-15(10-24)17(9-19)12-28-13-18-4-1-7-22(18,14-28)21-26-20(27-29-21)16-3-2-8-25-11-16/h2-3,5-6,8-9,11,18H,1,4,7,12-14H2/t18-,22-/m1/s1. The fraction of sp³-hybridized carbons (Fsp3) is 0.364. The zero-order chi connectivity index (χ0) is 19.8. The largest absolute Gasteiger partial charge is 0.338 e. The maximum absolute atomic E-state index is 13.7. The number of nitrogens with zero attached hydrogens (tertiary/aromatic N) is 5. The lowest BCUT2D eigenvalue weighted by Gasteiger charge is -2.24. The number of hydrogen-bond acceptors (Lipinski definition) is 6. The summed E-state index contributed by atoms with van der Waals surface area (Å²) >= 11 is 0. The Balaban J connectivity index is 1.42. The van der Waals surface area contributed by atoms with Crippen molar-refractivity contribution in [1.82, 2.24) is 20.0 Å². The van der Waals surface area contributed by atoms with Crippen molar-refractivity contribution in [2.24, 2.45) is 5.92 Å². The molecule has 1 aliphatic carbocycles. The number of hydrogen-bond donors (Lipinski definition) is 0. The average Bonchev–Trinajstić information content (AvgIpc) is 3.43. The lowest BCUT2D eigenvalue weighted by molar-refractivity contribution is 0.245. The van der Waals surface area contributed by atoms with Gasteiger partial charge in [-0.15, -0.1) is 0 Å². The van der Waals surface area contributed by atoms with E-state index in [1.54, 1.807) is 18.5 Å². The summed E-state index contributed by atoms with van der Waals surface area (Å²) in [4.78, 5) is 11.1. The van der Waals surface area contributed by atoms with E-state index >= 15 is 0 Å². The summed E-state index contributed by atoms with van der Waals surface area (Å²) in [5.74, 6) is 1.35. The van der Waals surface area contributed by atoms with Crippen LogP contribution in [0.25, 0.3) is 11.4 Å². The monoisotopic (exact) mass is 389 g/mol. The molecule has 1 saturated carbocycles. The Morgan fingerprint density at radius 3 is 3.10 bits per heavy atom. The zero-order valence-corrected chi connectivity index (χ0v) is 15.9. The van der Waals surface area contributed by atoms with Crippen molar-refractivity contribution in [2.45, 2.75) is 31.2 Å². The minimum Gasteiger partial charge on any atom is -0.338 e. The van der Waals surface area contributed by atoms with Gasteiger partial charge in [-0.05, 0) is 54.7 Å². The van der Waals surface area contributed by atoms with Crippen molar-refractivity contribution < 1.29 is 8.91 Å². The minimum atomic E-state index is -0.314. The molecule has 3 aromatic rings. The Bertz CT molecular complexity index is 1080. The molecule has 29 heavy (non-hydrogen) atoms. The van der Waals surface area contributed by atoms with E-state index in [1.807, 2.05) is 12.1 Å². The first-order valence-corrected chi connectivity index (χ1v) is 9.83. The van der Waals surface area contributed by atoms with Gasteiger partial charge in [-0.2, -0.15) is 10.2 Å². The number of nitriles is 1. The molecule has 6 nitrogen and oxygen atoms in total. The highest BCUT2D eigenvalue weighted by Crippen LogP contribution is 2.50. The number of fused-ring (bicyclic) bond motifs is 1. The Morgan fingerprint density at radius 2 is 2.28 bits per heavy atom. The van der Waals surface area contributed by atoms with E-state index in [0.29, 0.717) is 29.7 Å². The second-order valence-corrected chi connectivity index (χ2v) is 7.99. The normalized spacial score (nSPS) is 23.8. The summed E-state index contributed by atoms with van der Waals surface area (Å²) < 4.78 is 19.5. The van der Waals surface area contributed by atoms with Crippen molar-refractivity contribution in [2.75, 3.05) is 13.1 Å². The SMILES string of the molecule is N#Cc1ccc(F)cc1CN1C[C@H]2CCC[C@@]2(c2nc(-c3cccnc3)no2)C1. The molecule has 0 spiro atoms. The van der Waals surface area contributed by atoms with Crippen LogP contribution in [-0.4, -0.2) is 33.1 Å². The van der Waals surface area contributed by atoms with Crippen LogP contribution in [0, 0.1) is 23.1 Å². The number of likely N-dealkylation sites (tertiary alicyclic amines) is 1. The van der Waals surface area contributed by atoms with Crippen LogP contribution in [0.15, 0.2) is 47.2 Å². The van der Waals surface area contributed by atoms with E-state index in [9.17, 15) is 9.65 Å². The highest BCUT2D eigenvalue weighted by atomic mass is 19.1. The third-order valence-corrected chi connectivity index (χ3v) is 6.29. The summed E-state index contributed by atoms with van der Waals surface area (Å²) in [5.41, 5.74) is 1.91. The molecular weight excluding hydrogens is 369 g/mol. The number of benzene rings is 1. The van der Waals surface area contributed by atoms with Crippen LogP contribution in [0.1, 0.15) is 36.3 Å². The van der Waals surface area contributed by atoms with E-state index in [4.69, 9.17) is 9.51 Å². The molecule has 1 aromatic carbocycles. The molecule has 2 fully saturated rings. The highest BCUT2D eigenvalue weighted by Gasteiger charge is 2.54. The van der Waals surface area contributed by atoms with Crippen LogP contribution in [0.3, 0.4) is 0 Å². The van der Waals surface area contributed by atoms with Crippen LogP contribution in [-0.2, 0) is 12.0 Å². The van der Waals surface area contributed by atoms with Gasteiger partial charge in [0.25, 0.3) is 0 Å². The molecule has 2 aliphatic rings. The van der Waals surface area contributed by atoms with Crippen LogP contribution >= 0.6 is 0 Å². The lowest BCUT2D eigenvalue weighted by Crippen LogP contribution is -2.32. The first-order valence-electron chi connectivity index (χ1n) is 9.83. The fourth-order valence-electron chi connectivity index (χ4n) is 4.94. The molecule has 2 atom stereocenters. The van der Waals surface area contributed by atoms with Crippen molar-refractivity contribution in [3.05, 3.63) is 65.6 Å². The van der Waals surface area contributed by atoms with Gasteiger partial charge in [-0.3, -0.25) is 9.88 Å². The third kappa shape index (κ3) is 3.10. The van der Waals surface area contributed by atoms with Gasteiger partial charge in [0.05, 0.1) is 17.0 Å². The number of aromatic nitrogens is 3. The summed E-state index contributed by atoms with van der Waals surface area (Å²) in [5, 5.41) is 13.6. The molecule has 0 bridgehead atoms. The highest BCUT2D eigenvalue weighted by molar-refractivity contribution is 5.52. The molecule has 0 unspecified atom stereocenters. The molecule has 3 heterocycles. The van der Waals surface area contributed by atoms with Gasteiger partial charge < -0.3 is 4.52 Å². The molecule has 0 N–H and O–H groups in total. The van der Waals surface area contributed by atoms with Crippen molar-refractivity contribution in [3.63, 3.8) is 0 Å². The second kappa shape index (κ2) is 7.05. The smallest absolute Gasteiger partial charge is 0.234 e. The molecule has 7 heteroatoms. The van der Waals surface area contributed by atoms with Crippen LogP contribution in [0.2, 0.25) is 0 Å².